The third-order valence-corrected chi connectivity index (χ3v) is 13.9. The molecule has 0 atom stereocenters. The van der Waals surface area contributed by atoms with Crippen LogP contribution < -0.4 is 34.8 Å². The van der Waals surface area contributed by atoms with Gasteiger partial charge in [-0.2, -0.15) is 23.4 Å². The number of nitrogens with one attached hydrogen (secondary N) is 2. The molecule has 1 aromatic heterocycles. The highest BCUT2D eigenvalue weighted by atomic mass is 35.5. The molecule has 3 N–H and O–H groups in total. The Bertz CT molecular complexity index is 2630. The van der Waals surface area contributed by atoms with Crippen LogP contribution >= 0.6 is 23.2 Å². The fourth-order valence-corrected chi connectivity index (χ4v) is 11.1. The van der Waals surface area contributed by atoms with Crippen LogP contribution in [0.25, 0.3) is 5.57 Å². The van der Waals surface area contributed by atoms with Gasteiger partial charge in [0.25, 0.3) is 25.3 Å². The van der Waals surface area contributed by atoms with Crippen molar-refractivity contribution >= 4 is 60.3 Å². The molecule has 5 aliphatic rings. The second kappa shape index (κ2) is 14.8. The lowest BCUT2D eigenvalue weighted by molar-refractivity contribution is 0.431. The van der Waals surface area contributed by atoms with Gasteiger partial charge in [0.05, 0.1) is 10.5 Å². The molecule has 0 saturated heterocycles. The van der Waals surface area contributed by atoms with Crippen molar-refractivity contribution in [1.82, 2.24) is 24.2 Å². The van der Waals surface area contributed by atoms with E-state index in [1.54, 1.807) is 0 Å². The quantitative estimate of drug-likeness (QED) is 0.0980. The molecule has 56 heavy (non-hydrogen) atoms. The molecule has 0 aliphatic carbocycles. The number of unbranched alkanes of at least 4 members (excludes halogenated alkanes) is 2. The van der Waals surface area contributed by atoms with E-state index in [2.05, 4.69) is 46.6 Å². The van der Waals surface area contributed by atoms with E-state index in [4.69, 9.17) is 27.9 Å². The average molecular weight is 840 g/mol. The number of fused-ring (bicyclic) bond motifs is 4. The number of hydrogen-bond donors (Lipinski definition) is 3. The topological polar surface area (TPSA) is 167 Å². The van der Waals surface area contributed by atoms with Gasteiger partial charge in [-0.05, 0) is 104 Å². The fraction of sp³-hybridized carbons (Fsp3) is 0.436. The Balaban J connectivity index is 1.09. The standard InChI is InChI=1S/C39H41Cl2N7O6S2/c40-37-44-38(41)46-39(45-37)55(49,50)43-15-3-1-2-14-42-31-22-25(56(51,52)53)12-13-26(31)32-29-20-23-8-4-16-47-18-6-10-27(33(23)47)35(29)54-36-28-11-7-19-48-17-5-9-24(34(28)48)21-30(32)36/h12-13,20-22,43H,1-11,14-19H2,(H,51,52,53)/p+1. The van der Waals surface area contributed by atoms with Gasteiger partial charge in [0.2, 0.25) is 15.9 Å². The Morgan fingerprint density at radius 2 is 1.50 bits per heavy atom. The van der Waals surface area contributed by atoms with E-state index < -0.39 is 25.3 Å². The van der Waals surface area contributed by atoms with Gasteiger partial charge in [-0.1, -0.05) is 12.5 Å². The first-order chi connectivity index (χ1) is 27.0. The van der Waals surface area contributed by atoms with Crippen LogP contribution in [0.15, 0.2) is 40.4 Å². The molecule has 5 aliphatic heterocycles. The predicted octanol–water partition coefficient (Wildman–Crippen LogP) is 4.42. The van der Waals surface area contributed by atoms with E-state index in [0.29, 0.717) is 31.5 Å². The minimum Gasteiger partial charge on any atom is -0.455 e. The van der Waals surface area contributed by atoms with Crippen LogP contribution in [-0.4, -0.2) is 75.6 Å². The van der Waals surface area contributed by atoms with Gasteiger partial charge in [0.15, 0.2) is 0 Å². The number of aromatic nitrogens is 3. The van der Waals surface area contributed by atoms with Crippen LogP contribution in [0.5, 0.6) is 11.5 Å². The van der Waals surface area contributed by atoms with E-state index >= 15 is 0 Å². The number of benzene rings is 3. The molecule has 0 spiro atoms. The molecule has 13 nitrogen and oxygen atoms in total. The summed E-state index contributed by atoms with van der Waals surface area (Å²) in [6.07, 6.45) is 9.90. The Morgan fingerprint density at radius 3 is 2.29 bits per heavy atom. The van der Waals surface area contributed by atoms with Crippen LogP contribution in [0.4, 0.5) is 11.4 Å². The van der Waals surface area contributed by atoms with Crippen LogP contribution in [0.2, 0.25) is 10.6 Å². The molecule has 17 heteroatoms. The zero-order chi connectivity index (χ0) is 38.8. The van der Waals surface area contributed by atoms with Gasteiger partial charge in [-0.3, -0.25) is 4.55 Å². The van der Waals surface area contributed by atoms with Crippen LogP contribution in [0.3, 0.4) is 0 Å². The number of aryl methyl sites for hydroxylation is 2. The zero-order valence-electron chi connectivity index (χ0n) is 30.7. The van der Waals surface area contributed by atoms with Crippen LogP contribution in [-0.2, 0) is 45.8 Å². The monoisotopic (exact) mass is 838 g/mol. The highest BCUT2D eigenvalue weighted by Crippen LogP contribution is 2.49. The first-order valence-electron chi connectivity index (χ1n) is 19.3. The summed E-state index contributed by atoms with van der Waals surface area (Å²) in [4.78, 5) is 13.2. The van der Waals surface area contributed by atoms with E-state index in [1.807, 2.05) is 6.07 Å². The van der Waals surface area contributed by atoms with Gasteiger partial charge in [0, 0.05) is 83.4 Å². The number of ether oxygens (including phenoxy) is 1. The third kappa shape index (κ3) is 6.93. The maximum Gasteiger partial charge on any atom is 0.294 e. The largest absolute Gasteiger partial charge is 0.455 e. The van der Waals surface area contributed by atoms with Crippen molar-refractivity contribution in [3.05, 3.63) is 84.9 Å². The van der Waals surface area contributed by atoms with Gasteiger partial charge in [-0.15, -0.1) is 0 Å². The molecular formula is C39H42Cl2N7O6S2+. The molecule has 0 amide bonds. The van der Waals surface area contributed by atoms with Gasteiger partial charge < -0.3 is 15.0 Å². The molecule has 3 aromatic carbocycles. The highest BCUT2D eigenvalue weighted by molar-refractivity contribution is 7.89. The second-order valence-corrected chi connectivity index (χ2v) is 18.8. The number of nitrogens with zero attached hydrogens (tertiary/aromatic N) is 5. The summed E-state index contributed by atoms with van der Waals surface area (Å²) in [6.45, 7) is 4.76. The van der Waals surface area contributed by atoms with Crippen molar-refractivity contribution < 1.29 is 26.1 Å². The minimum atomic E-state index is -4.50. The first kappa shape index (κ1) is 37.7. The van der Waals surface area contributed by atoms with Crippen LogP contribution in [0.1, 0.15) is 78.3 Å². The lowest BCUT2D eigenvalue weighted by atomic mass is 9.82. The van der Waals surface area contributed by atoms with Crippen molar-refractivity contribution in [1.29, 1.82) is 0 Å². The summed E-state index contributed by atoms with van der Waals surface area (Å²) in [5.74, 6) is 1.80. The average Bonchev–Trinajstić information content (AvgIpc) is 3.17. The molecular weight excluding hydrogens is 798 g/mol. The smallest absolute Gasteiger partial charge is 0.294 e. The summed E-state index contributed by atoms with van der Waals surface area (Å²) in [6, 6.07) is 9.41. The second-order valence-electron chi connectivity index (χ2n) is 15.1. The summed E-state index contributed by atoms with van der Waals surface area (Å²) >= 11 is 11.5. The number of anilines is 2. The first-order valence-corrected chi connectivity index (χ1v) is 23.0. The van der Waals surface area contributed by atoms with E-state index in [1.165, 1.54) is 45.4 Å². The predicted molar refractivity (Wildman–Crippen MR) is 214 cm³/mol. The molecule has 294 valence electrons. The van der Waals surface area contributed by atoms with E-state index in [0.717, 1.165) is 111 Å². The normalized spacial score (nSPS) is 17.1. The number of sulfonamides is 1. The summed E-state index contributed by atoms with van der Waals surface area (Å²) in [5, 5.41) is 4.65. The van der Waals surface area contributed by atoms with E-state index in [9.17, 15) is 21.4 Å². The van der Waals surface area contributed by atoms with Crippen molar-refractivity contribution in [2.24, 2.45) is 0 Å². The lowest BCUT2D eigenvalue weighted by Crippen LogP contribution is -2.45. The van der Waals surface area contributed by atoms with Crippen LogP contribution in [0, 0.1) is 0 Å². The molecule has 9 rings (SSSR count). The van der Waals surface area contributed by atoms with E-state index in [-0.39, 0.29) is 22.0 Å². The fourth-order valence-electron chi connectivity index (χ4n) is 9.20. The molecule has 0 fully saturated rings. The minimum absolute atomic E-state index is 0.131. The van der Waals surface area contributed by atoms with Crippen molar-refractivity contribution in [2.45, 2.75) is 80.7 Å². The van der Waals surface area contributed by atoms with Gasteiger partial charge in [-0.25, -0.2) is 17.7 Å². The van der Waals surface area contributed by atoms with Crippen molar-refractivity contribution in [3.63, 3.8) is 0 Å². The molecule has 0 saturated carbocycles. The SMILES string of the molecule is O=S(=O)(O)c1ccc(C2=c3cc4c5c(c3Oc3c2cc2c6c3CCCN6CCC2)CCC[N+]=5CCC4)c(NCCCCCNS(=O)(=O)c2nc(Cl)nc(Cl)n2)c1. The Morgan fingerprint density at radius 1 is 0.786 bits per heavy atom. The maximum atomic E-state index is 12.7. The number of rotatable bonds is 11. The van der Waals surface area contributed by atoms with Gasteiger partial charge >= 0.3 is 0 Å². The molecule has 4 aromatic rings. The number of hydrogen-bond acceptors (Lipinski definition) is 10. The Kier molecular flexibility index (Phi) is 9.98. The summed E-state index contributed by atoms with van der Waals surface area (Å²) < 4.78 is 72.7. The maximum absolute atomic E-state index is 12.7. The zero-order valence-corrected chi connectivity index (χ0v) is 33.8. The highest BCUT2D eigenvalue weighted by Gasteiger charge is 2.36. The van der Waals surface area contributed by atoms with Gasteiger partial charge in [0.1, 0.15) is 24.6 Å². The number of halogens is 2. The third-order valence-electron chi connectivity index (χ3n) is 11.5. The summed E-state index contributed by atoms with van der Waals surface area (Å²) in [5.41, 5.74) is 9.90. The molecule has 0 bridgehead atoms. The van der Waals surface area contributed by atoms with Crippen molar-refractivity contribution in [3.8, 4) is 11.5 Å². The van der Waals surface area contributed by atoms with Crippen molar-refractivity contribution in [2.75, 3.05) is 49.5 Å². The molecule has 6 heterocycles. The Hall–Kier alpha value is -3.86. The molecule has 0 radical (unpaired) electrons. The molecule has 0 unspecified atom stereocenters. The lowest BCUT2D eigenvalue weighted by Gasteiger charge is -2.39. The Labute approximate surface area is 335 Å². The summed E-state index contributed by atoms with van der Waals surface area (Å²) in [7, 11) is -8.55.